The standard InChI is InChI=1S/C21H29N5/c1-3-14(2)15-9-11-17(12-10-15)26-21-18(20(23)24-13-25-21)19(22)16-7-5-4-6-8-16/h4-8,13-15,17,22H,3,9-12H2,1-2H3,(H3,23,24,25,26). The summed E-state index contributed by atoms with van der Waals surface area (Å²) >= 11 is 0. The Kier molecular flexibility index (Phi) is 5.86. The van der Waals surface area contributed by atoms with Gasteiger partial charge >= 0.3 is 0 Å². The van der Waals surface area contributed by atoms with Gasteiger partial charge in [0.05, 0.1) is 11.3 Å². The highest BCUT2D eigenvalue weighted by atomic mass is 15.1. The summed E-state index contributed by atoms with van der Waals surface area (Å²) in [5, 5.41) is 12.1. The molecule has 1 heterocycles. The number of hydrogen-bond donors (Lipinski definition) is 3. The molecule has 4 N–H and O–H groups in total. The number of aromatic nitrogens is 2. The number of nitrogens with zero attached hydrogens (tertiary/aromatic N) is 2. The lowest BCUT2D eigenvalue weighted by Crippen LogP contribution is -2.29. The molecule has 0 saturated heterocycles. The van der Waals surface area contributed by atoms with Crippen LogP contribution in [0.2, 0.25) is 0 Å². The van der Waals surface area contributed by atoms with E-state index in [0.29, 0.717) is 29.0 Å². The van der Waals surface area contributed by atoms with Gasteiger partial charge < -0.3 is 11.1 Å². The van der Waals surface area contributed by atoms with Gasteiger partial charge in [0.1, 0.15) is 18.0 Å². The highest BCUT2D eigenvalue weighted by Crippen LogP contribution is 2.33. The van der Waals surface area contributed by atoms with Crippen molar-refractivity contribution in [3.05, 3.63) is 47.8 Å². The second kappa shape index (κ2) is 8.30. The zero-order chi connectivity index (χ0) is 18.5. The number of nitrogens with two attached hydrogens (primary N) is 1. The fourth-order valence-electron chi connectivity index (χ4n) is 3.86. The van der Waals surface area contributed by atoms with Crippen molar-refractivity contribution in [2.45, 2.75) is 52.0 Å². The first-order chi connectivity index (χ1) is 12.6. The van der Waals surface area contributed by atoms with Crippen molar-refractivity contribution in [3.8, 4) is 0 Å². The summed E-state index contributed by atoms with van der Waals surface area (Å²) in [5.41, 5.74) is 7.89. The predicted octanol–water partition coefficient (Wildman–Crippen LogP) is 4.49. The van der Waals surface area contributed by atoms with Gasteiger partial charge in [-0.25, -0.2) is 9.97 Å². The van der Waals surface area contributed by atoms with Crippen LogP contribution in [0.25, 0.3) is 0 Å². The minimum atomic E-state index is 0.352. The molecule has 3 rings (SSSR count). The number of benzene rings is 1. The minimum absolute atomic E-state index is 0.352. The van der Waals surface area contributed by atoms with Gasteiger partial charge in [0.25, 0.3) is 0 Å². The van der Waals surface area contributed by atoms with Crippen LogP contribution in [0.1, 0.15) is 57.1 Å². The smallest absolute Gasteiger partial charge is 0.141 e. The first kappa shape index (κ1) is 18.4. The third kappa shape index (κ3) is 4.03. The maximum Gasteiger partial charge on any atom is 0.141 e. The Morgan fingerprint density at radius 1 is 1.19 bits per heavy atom. The largest absolute Gasteiger partial charge is 0.383 e. The van der Waals surface area contributed by atoms with E-state index >= 15 is 0 Å². The van der Waals surface area contributed by atoms with E-state index in [1.54, 1.807) is 0 Å². The molecule has 0 spiro atoms. The van der Waals surface area contributed by atoms with Crippen LogP contribution in [0.4, 0.5) is 11.6 Å². The van der Waals surface area contributed by atoms with Gasteiger partial charge in [-0.3, -0.25) is 5.41 Å². The molecule has 0 aliphatic heterocycles. The average molecular weight is 351 g/mol. The molecule has 138 valence electrons. The highest BCUT2D eigenvalue weighted by Gasteiger charge is 2.26. The zero-order valence-corrected chi connectivity index (χ0v) is 15.7. The third-order valence-electron chi connectivity index (χ3n) is 5.75. The Hall–Kier alpha value is -2.43. The second-order valence-corrected chi connectivity index (χ2v) is 7.37. The number of anilines is 2. The Morgan fingerprint density at radius 2 is 1.88 bits per heavy atom. The van der Waals surface area contributed by atoms with Gasteiger partial charge in [0.15, 0.2) is 0 Å². The normalized spacial score (nSPS) is 21.2. The molecule has 5 heteroatoms. The molecule has 26 heavy (non-hydrogen) atoms. The maximum absolute atomic E-state index is 8.58. The van der Waals surface area contributed by atoms with Crippen LogP contribution in [-0.4, -0.2) is 21.7 Å². The molecule has 0 amide bonds. The van der Waals surface area contributed by atoms with Gasteiger partial charge in [-0.05, 0) is 37.5 Å². The van der Waals surface area contributed by atoms with Gasteiger partial charge in [0, 0.05) is 11.6 Å². The van der Waals surface area contributed by atoms with Crippen LogP contribution in [0.3, 0.4) is 0 Å². The van der Waals surface area contributed by atoms with Crippen LogP contribution in [0, 0.1) is 17.2 Å². The quantitative estimate of drug-likeness (QED) is 0.669. The molecule has 0 radical (unpaired) electrons. The predicted molar refractivity (Wildman–Crippen MR) is 108 cm³/mol. The van der Waals surface area contributed by atoms with Gasteiger partial charge in [-0.1, -0.05) is 50.6 Å². The molecule has 1 aliphatic carbocycles. The van der Waals surface area contributed by atoms with E-state index in [9.17, 15) is 0 Å². The van der Waals surface area contributed by atoms with Crippen LogP contribution >= 0.6 is 0 Å². The fourth-order valence-corrected chi connectivity index (χ4v) is 3.86. The molecule has 1 aromatic carbocycles. The van der Waals surface area contributed by atoms with Gasteiger partial charge in [-0.2, -0.15) is 0 Å². The summed E-state index contributed by atoms with van der Waals surface area (Å²) in [6, 6.07) is 10.00. The second-order valence-electron chi connectivity index (χ2n) is 7.37. The zero-order valence-electron chi connectivity index (χ0n) is 15.7. The summed E-state index contributed by atoms with van der Waals surface area (Å²) in [7, 11) is 0. The van der Waals surface area contributed by atoms with E-state index in [-0.39, 0.29) is 0 Å². The summed E-state index contributed by atoms with van der Waals surface area (Å²) in [4.78, 5) is 8.52. The summed E-state index contributed by atoms with van der Waals surface area (Å²) in [5.74, 6) is 2.66. The van der Waals surface area contributed by atoms with Crippen LogP contribution in [0.5, 0.6) is 0 Å². The van der Waals surface area contributed by atoms with Crippen molar-refractivity contribution in [1.82, 2.24) is 9.97 Å². The van der Waals surface area contributed by atoms with Crippen LogP contribution < -0.4 is 11.1 Å². The van der Waals surface area contributed by atoms with E-state index < -0.39 is 0 Å². The van der Waals surface area contributed by atoms with Crippen molar-refractivity contribution in [3.63, 3.8) is 0 Å². The average Bonchev–Trinajstić information content (AvgIpc) is 2.68. The number of nitrogens with one attached hydrogen (secondary N) is 2. The Morgan fingerprint density at radius 3 is 2.54 bits per heavy atom. The Balaban J connectivity index is 1.75. The first-order valence-electron chi connectivity index (χ1n) is 9.61. The first-order valence-corrected chi connectivity index (χ1v) is 9.61. The molecular formula is C21H29N5. The topological polar surface area (TPSA) is 87.7 Å². The minimum Gasteiger partial charge on any atom is -0.383 e. The molecule has 1 aliphatic rings. The molecule has 1 unspecified atom stereocenters. The molecule has 1 fully saturated rings. The van der Waals surface area contributed by atoms with E-state index in [2.05, 4.69) is 29.1 Å². The van der Waals surface area contributed by atoms with Crippen molar-refractivity contribution in [2.75, 3.05) is 11.1 Å². The lowest BCUT2D eigenvalue weighted by atomic mass is 9.78. The number of hydrogen-bond acceptors (Lipinski definition) is 5. The van der Waals surface area contributed by atoms with Crippen LogP contribution in [0.15, 0.2) is 36.7 Å². The van der Waals surface area contributed by atoms with Gasteiger partial charge in [0.2, 0.25) is 0 Å². The lowest BCUT2D eigenvalue weighted by molar-refractivity contribution is 0.247. The molecule has 1 aromatic heterocycles. The summed E-state index contributed by atoms with van der Waals surface area (Å²) in [6.07, 6.45) is 7.50. The Bertz CT molecular complexity index is 735. The summed E-state index contributed by atoms with van der Waals surface area (Å²) in [6.45, 7) is 4.64. The lowest BCUT2D eigenvalue weighted by Gasteiger charge is -2.33. The fraction of sp³-hybridized carbons (Fsp3) is 0.476. The van der Waals surface area contributed by atoms with E-state index in [1.165, 1.54) is 25.6 Å². The van der Waals surface area contributed by atoms with Crippen molar-refractivity contribution in [2.24, 2.45) is 11.8 Å². The molecular weight excluding hydrogens is 322 g/mol. The maximum atomic E-state index is 8.58. The van der Waals surface area contributed by atoms with Crippen molar-refractivity contribution < 1.29 is 0 Å². The van der Waals surface area contributed by atoms with Crippen molar-refractivity contribution in [1.29, 1.82) is 5.41 Å². The van der Waals surface area contributed by atoms with E-state index in [4.69, 9.17) is 11.1 Å². The van der Waals surface area contributed by atoms with E-state index in [1.807, 2.05) is 30.3 Å². The molecule has 1 atom stereocenters. The number of rotatable bonds is 6. The highest BCUT2D eigenvalue weighted by molar-refractivity contribution is 6.16. The van der Waals surface area contributed by atoms with Crippen molar-refractivity contribution >= 4 is 17.3 Å². The van der Waals surface area contributed by atoms with Crippen LogP contribution in [-0.2, 0) is 0 Å². The molecule has 0 bridgehead atoms. The SMILES string of the molecule is CCC(C)C1CCC(Nc2ncnc(N)c2C(=N)c2ccccc2)CC1. The molecule has 1 saturated carbocycles. The molecule has 2 aromatic rings. The summed E-state index contributed by atoms with van der Waals surface area (Å²) < 4.78 is 0. The number of nitrogen functional groups attached to an aromatic ring is 1. The Labute approximate surface area is 156 Å². The van der Waals surface area contributed by atoms with E-state index in [0.717, 1.165) is 30.2 Å². The van der Waals surface area contributed by atoms with Gasteiger partial charge in [-0.15, -0.1) is 0 Å². The monoisotopic (exact) mass is 351 g/mol. The third-order valence-corrected chi connectivity index (χ3v) is 5.75. The molecule has 5 nitrogen and oxygen atoms in total.